The van der Waals surface area contributed by atoms with Crippen LogP contribution < -0.4 is 0 Å². The van der Waals surface area contributed by atoms with E-state index in [1.54, 1.807) is 6.20 Å². The van der Waals surface area contributed by atoms with Gasteiger partial charge in [0, 0.05) is 11.6 Å². The van der Waals surface area contributed by atoms with E-state index in [1.165, 1.54) is 0 Å². The molecule has 2 N–H and O–H groups in total. The van der Waals surface area contributed by atoms with Gasteiger partial charge in [0.1, 0.15) is 4.90 Å². The number of aromatic nitrogens is 1. The van der Waals surface area contributed by atoms with Crippen molar-refractivity contribution in [1.29, 1.82) is 0 Å². The number of nitrogens with zero attached hydrogens (tertiary/aromatic N) is 1. The van der Waals surface area contributed by atoms with Crippen LogP contribution in [0.2, 0.25) is 0 Å². The van der Waals surface area contributed by atoms with Crippen LogP contribution >= 0.6 is 12.0 Å². The number of fused-ring (bicyclic) bond motifs is 1. The molecule has 0 aliphatic rings. The molecular weight excluding hydrogens is 170 g/mol. The molecule has 0 fully saturated rings. The Morgan fingerprint density at radius 1 is 1.17 bits per heavy atom. The van der Waals surface area contributed by atoms with E-state index in [0.29, 0.717) is 0 Å². The van der Waals surface area contributed by atoms with Crippen LogP contribution in [0.1, 0.15) is 0 Å². The predicted molar refractivity (Wildman–Crippen MR) is 51.2 cm³/mol. The van der Waals surface area contributed by atoms with Crippen molar-refractivity contribution < 1.29 is 4.55 Å². The molecule has 1 aromatic carbocycles. The van der Waals surface area contributed by atoms with E-state index < -0.39 is 0 Å². The van der Waals surface area contributed by atoms with Crippen LogP contribution in [0.5, 0.6) is 0 Å². The molecule has 0 radical (unpaired) electrons. The van der Waals surface area contributed by atoms with Gasteiger partial charge in [-0.1, -0.05) is 18.2 Å². The molecule has 0 saturated heterocycles. The summed E-state index contributed by atoms with van der Waals surface area (Å²) in [5.74, 6) is 0. The molecule has 0 spiro atoms. The SMILES string of the molecule is [OH2+]Sc1cccc2cccnc12. The Balaban J connectivity index is 2.79. The van der Waals surface area contributed by atoms with Crippen LogP contribution in [0.4, 0.5) is 0 Å². The molecule has 2 rings (SSSR count). The summed E-state index contributed by atoms with van der Waals surface area (Å²) in [6.45, 7) is 0. The van der Waals surface area contributed by atoms with Crippen molar-refractivity contribution in [2.75, 3.05) is 0 Å². The summed E-state index contributed by atoms with van der Waals surface area (Å²) in [7, 11) is 0. The number of rotatable bonds is 1. The van der Waals surface area contributed by atoms with Crippen molar-refractivity contribution in [2.45, 2.75) is 4.90 Å². The van der Waals surface area contributed by atoms with Crippen molar-refractivity contribution in [2.24, 2.45) is 0 Å². The van der Waals surface area contributed by atoms with Crippen molar-refractivity contribution >= 4 is 22.9 Å². The largest absolute Gasteiger partial charge is 0.367 e. The van der Waals surface area contributed by atoms with E-state index in [0.717, 1.165) is 27.8 Å². The van der Waals surface area contributed by atoms with Crippen molar-refractivity contribution in [3.05, 3.63) is 36.5 Å². The molecule has 60 valence electrons. The summed E-state index contributed by atoms with van der Waals surface area (Å²) in [5.41, 5.74) is 0.917. The van der Waals surface area contributed by atoms with Gasteiger partial charge in [0.15, 0.2) is 0 Å². The van der Waals surface area contributed by atoms with E-state index in [2.05, 4.69) is 4.98 Å². The standard InChI is InChI=1S/C9H7NOS/c11-12-8-5-1-3-7-4-2-6-10-9(7)8/h1-6,11H/p+1. The first-order valence-corrected chi connectivity index (χ1v) is 4.41. The van der Waals surface area contributed by atoms with Crippen LogP contribution in [-0.2, 0) is 0 Å². The molecular formula is C9H8NOS+. The third kappa shape index (κ3) is 1.17. The minimum absolute atomic E-state index is 0.910. The smallest absolute Gasteiger partial charge is 0.225 e. The fraction of sp³-hybridized carbons (Fsp3) is 0. The molecule has 1 aromatic heterocycles. The van der Waals surface area contributed by atoms with Gasteiger partial charge in [0.2, 0.25) is 12.0 Å². The van der Waals surface area contributed by atoms with Gasteiger partial charge in [-0.3, -0.25) is 4.98 Å². The van der Waals surface area contributed by atoms with Gasteiger partial charge >= 0.3 is 0 Å². The average Bonchev–Trinajstić information content (AvgIpc) is 2.17. The van der Waals surface area contributed by atoms with Crippen LogP contribution in [-0.4, -0.2) is 9.54 Å². The number of pyridine rings is 1. The molecule has 0 atom stereocenters. The molecule has 0 aliphatic heterocycles. The minimum atomic E-state index is 0.910. The van der Waals surface area contributed by atoms with Gasteiger partial charge in [0.25, 0.3) is 0 Å². The molecule has 0 amide bonds. The second kappa shape index (κ2) is 3.13. The summed E-state index contributed by atoms with van der Waals surface area (Å²) in [5, 5.41) is 1.09. The normalized spacial score (nSPS) is 10.4. The molecule has 0 bridgehead atoms. The van der Waals surface area contributed by atoms with Crippen molar-refractivity contribution in [3.63, 3.8) is 0 Å². The van der Waals surface area contributed by atoms with Gasteiger partial charge in [-0.25, -0.2) is 0 Å². The van der Waals surface area contributed by atoms with E-state index in [4.69, 9.17) is 4.55 Å². The zero-order valence-corrected chi connectivity index (χ0v) is 7.14. The monoisotopic (exact) mass is 178 g/mol. The van der Waals surface area contributed by atoms with Crippen molar-refractivity contribution in [3.8, 4) is 0 Å². The highest BCUT2D eigenvalue weighted by Crippen LogP contribution is 2.23. The van der Waals surface area contributed by atoms with E-state index in [1.807, 2.05) is 30.3 Å². The van der Waals surface area contributed by atoms with Crippen LogP contribution in [0.25, 0.3) is 10.9 Å². The van der Waals surface area contributed by atoms with Gasteiger partial charge in [0.05, 0.1) is 5.52 Å². The maximum absolute atomic E-state index is 7.20. The molecule has 0 unspecified atom stereocenters. The summed E-state index contributed by atoms with van der Waals surface area (Å²) in [6.07, 6.45) is 1.75. The average molecular weight is 178 g/mol. The highest BCUT2D eigenvalue weighted by atomic mass is 32.2. The number of para-hydroxylation sites is 1. The lowest BCUT2D eigenvalue weighted by atomic mass is 10.2. The third-order valence-corrected chi connectivity index (χ3v) is 2.25. The Bertz CT molecular complexity index is 397. The summed E-state index contributed by atoms with van der Waals surface area (Å²) in [4.78, 5) is 5.12. The Labute approximate surface area is 74.5 Å². The fourth-order valence-electron chi connectivity index (χ4n) is 1.16. The lowest BCUT2D eigenvalue weighted by molar-refractivity contribution is 0.664. The van der Waals surface area contributed by atoms with Gasteiger partial charge < -0.3 is 4.55 Å². The van der Waals surface area contributed by atoms with Gasteiger partial charge in [-0.15, -0.1) is 0 Å². The second-order valence-electron chi connectivity index (χ2n) is 2.43. The zero-order chi connectivity index (χ0) is 8.39. The van der Waals surface area contributed by atoms with E-state index in [-0.39, 0.29) is 0 Å². The van der Waals surface area contributed by atoms with E-state index in [9.17, 15) is 0 Å². The maximum atomic E-state index is 7.20. The third-order valence-electron chi connectivity index (χ3n) is 1.71. The maximum Gasteiger partial charge on any atom is 0.225 e. The predicted octanol–water partition coefficient (Wildman–Crippen LogP) is 1.97. The van der Waals surface area contributed by atoms with Crippen LogP contribution in [0, 0.1) is 0 Å². The van der Waals surface area contributed by atoms with Crippen LogP contribution in [0.3, 0.4) is 0 Å². The van der Waals surface area contributed by atoms with Crippen molar-refractivity contribution in [1.82, 2.24) is 4.98 Å². The number of hydrogen-bond acceptors (Lipinski definition) is 2. The van der Waals surface area contributed by atoms with Crippen LogP contribution in [0.15, 0.2) is 41.4 Å². The first-order valence-electron chi connectivity index (χ1n) is 3.59. The Morgan fingerprint density at radius 3 is 2.83 bits per heavy atom. The fourth-order valence-corrected chi connectivity index (χ4v) is 1.57. The highest BCUT2D eigenvalue weighted by Gasteiger charge is 2.02. The molecule has 12 heavy (non-hydrogen) atoms. The van der Waals surface area contributed by atoms with Gasteiger partial charge in [-0.2, -0.15) is 0 Å². The van der Waals surface area contributed by atoms with E-state index >= 15 is 0 Å². The summed E-state index contributed by atoms with van der Waals surface area (Å²) >= 11 is 0.986. The van der Waals surface area contributed by atoms with Gasteiger partial charge in [-0.05, 0) is 12.1 Å². The first kappa shape index (κ1) is 7.58. The minimum Gasteiger partial charge on any atom is -0.367 e. The number of benzene rings is 1. The lowest BCUT2D eigenvalue weighted by Gasteiger charge is -1.96. The Morgan fingerprint density at radius 2 is 2.00 bits per heavy atom. The lowest BCUT2D eigenvalue weighted by Crippen LogP contribution is -1.79. The quantitative estimate of drug-likeness (QED) is 0.494. The summed E-state index contributed by atoms with van der Waals surface area (Å²) < 4.78 is 7.20. The zero-order valence-electron chi connectivity index (χ0n) is 6.32. The first-order chi connectivity index (χ1) is 5.92. The Kier molecular flexibility index (Phi) is 1.98. The molecule has 0 saturated carbocycles. The highest BCUT2D eigenvalue weighted by molar-refractivity contribution is 7.94. The molecule has 1 heterocycles. The molecule has 0 aliphatic carbocycles. The topological polar surface area (TPSA) is 35.8 Å². The molecule has 2 nitrogen and oxygen atoms in total. The second-order valence-corrected chi connectivity index (χ2v) is 3.08. The Hall–Kier alpha value is -1.06. The molecule has 2 aromatic rings. The molecule has 3 heteroatoms. The number of hydrogen-bond donors (Lipinski definition) is 0. The summed E-state index contributed by atoms with van der Waals surface area (Å²) in [6, 6.07) is 9.76.